The maximum absolute atomic E-state index is 2.40. The molecule has 0 heteroatoms. The van der Waals surface area contributed by atoms with E-state index in [4.69, 9.17) is 0 Å². The van der Waals surface area contributed by atoms with Crippen molar-refractivity contribution in [3.8, 4) is 44.5 Å². The second-order valence-corrected chi connectivity index (χ2v) is 12.1. The molecule has 0 atom stereocenters. The van der Waals surface area contributed by atoms with Crippen LogP contribution < -0.4 is 0 Å². The lowest BCUT2D eigenvalue weighted by atomic mass is 9.81. The molecule has 0 bridgehead atoms. The van der Waals surface area contributed by atoms with Gasteiger partial charge in [-0.3, -0.25) is 0 Å². The fourth-order valence-corrected chi connectivity index (χ4v) is 7.33. The van der Waals surface area contributed by atoms with E-state index in [9.17, 15) is 0 Å². The average molecular weight is 583 g/mol. The van der Waals surface area contributed by atoms with Gasteiger partial charge in [-0.2, -0.15) is 0 Å². The van der Waals surface area contributed by atoms with Gasteiger partial charge in [-0.15, -0.1) is 0 Å². The van der Waals surface area contributed by atoms with E-state index in [1.54, 1.807) is 0 Å². The Morgan fingerprint density at radius 1 is 0.217 bits per heavy atom. The molecule has 0 N–H and O–H groups in total. The Morgan fingerprint density at radius 3 is 1.54 bits per heavy atom. The molecule has 9 rings (SSSR count). The second kappa shape index (κ2) is 10.9. The molecule has 0 unspecified atom stereocenters. The monoisotopic (exact) mass is 582 g/mol. The number of hydrogen-bond acceptors (Lipinski definition) is 0. The third kappa shape index (κ3) is 4.30. The predicted octanol–water partition coefficient (Wildman–Crippen LogP) is 13.0. The zero-order valence-corrected chi connectivity index (χ0v) is 25.3. The van der Waals surface area contributed by atoms with Crippen molar-refractivity contribution >= 4 is 43.1 Å². The minimum atomic E-state index is 1.22. The standard InChI is InChI=1S/C46H30/c1-2-13-32(14-3-1)39-27-25-33-16-7-9-21-38(33)45(39)43-28-26-36-29-34-17-4-5-18-35(34)30-44(36)46(43)42-23-11-10-22-41(42)40-24-12-19-31-15-6-8-20-37(31)40/h1-30H. The minimum absolute atomic E-state index is 1.22. The lowest BCUT2D eigenvalue weighted by Gasteiger charge is -2.22. The van der Waals surface area contributed by atoms with E-state index in [2.05, 4.69) is 182 Å². The molecule has 0 aliphatic heterocycles. The smallest absolute Gasteiger partial charge is 0.00199 e. The van der Waals surface area contributed by atoms with Crippen LogP contribution in [0.25, 0.3) is 87.6 Å². The Hall–Kier alpha value is -5.98. The number of fused-ring (bicyclic) bond motifs is 4. The van der Waals surface area contributed by atoms with Crippen LogP contribution in [-0.4, -0.2) is 0 Å². The van der Waals surface area contributed by atoms with E-state index in [-0.39, 0.29) is 0 Å². The van der Waals surface area contributed by atoms with Gasteiger partial charge < -0.3 is 0 Å². The maximum atomic E-state index is 2.40. The Labute approximate surface area is 268 Å². The summed E-state index contributed by atoms with van der Waals surface area (Å²) in [5.74, 6) is 0. The largest absolute Gasteiger partial charge is 0.0622 e. The molecular formula is C46H30. The van der Waals surface area contributed by atoms with Crippen LogP contribution in [0.5, 0.6) is 0 Å². The maximum Gasteiger partial charge on any atom is -0.00199 e. The van der Waals surface area contributed by atoms with Gasteiger partial charge in [0.25, 0.3) is 0 Å². The molecule has 0 saturated heterocycles. The van der Waals surface area contributed by atoms with E-state index in [1.165, 1.54) is 87.6 Å². The van der Waals surface area contributed by atoms with Crippen LogP contribution in [0.3, 0.4) is 0 Å². The zero-order valence-electron chi connectivity index (χ0n) is 25.3. The van der Waals surface area contributed by atoms with Crippen LogP contribution in [0.4, 0.5) is 0 Å². The summed E-state index contributed by atoms with van der Waals surface area (Å²) in [5.41, 5.74) is 9.95. The van der Waals surface area contributed by atoms with Crippen LogP contribution >= 0.6 is 0 Å². The molecule has 0 aliphatic carbocycles. The molecule has 9 aromatic carbocycles. The average Bonchev–Trinajstić information content (AvgIpc) is 3.13. The summed E-state index contributed by atoms with van der Waals surface area (Å²) >= 11 is 0. The highest BCUT2D eigenvalue weighted by atomic mass is 14.2. The fraction of sp³-hybridized carbons (Fsp3) is 0. The van der Waals surface area contributed by atoms with E-state index >= 15 is 0 Å². The van der Waals surface area contributed by atoms with Gasteiger partial charge in [-0.05, 0) is 99.7 Å². The van der Waals surface area contributed by atoms with Crippen molar-refractivity contribution in [2.45, 2.75) is 0 Å². The number of benzene rings is 9. The van der Waals surface area contributed by atoms with Crippen LogP contribution in [0.1, 0.15) is 0 Å². The van der Waals surface area contributed by atoms with Crippen LogP contribution in [-0.2, 0) is 0 Å². The molecule has 0 fully saturated rings. The van der Waals surface area contributed by atoms with Crippen LogP contribution in [0.2, 0.25) is 0 Å². The molecule has 0 aromatic heterocycles. The van der Waals surface area contributed by atoms with Gasteiger partial charge in [0.1, 0.15) is 0 Å². The Kier molecular flexibility index (Phi) is 6.25. The lowest BCUT2D eigenvalue weighted by Crippen LogP contribution is -1.95. The molecule has 0 radical (unpaired) electrons. The van der Waals surface area contributed by atoms with Gasteiger partial charge in [0, 0.05) is 0 Å². The SMILES string of the molecule is c1ccc(-c2ccc3ccccc3c2-c2ccc3cc4ccccc4cc3c2-c2ccccc2-c2cccc3ccccc23)cc1. The van der Waals surface area contributed by atoms with Crippen molar-refractivity contribution in [1.82, 2.24) is 0 Å². The number of hydrogen-bond donors (Lipinski definition) is 0. The Bertz CT molecular complexity index is 2570. The molecule has 0 saturated carbocycles. The van der Waals surface area contributed by atoms with Gasteiger partial charge in [0.2, 0.25) is 0 Å². The van der Waals surface area contributed by atoms with E-state index < -0.39 is 0 Å². The second-order valence-electron chi connectivity index (χ2n) is 12.1. The third-order valence-electron chi connectivity index (χ3n) is 9.45. The molecule has 214 valence electrons. The minimum Gasteiger partial charge on any atom is -0.0622 e. The Morgan fingerprint density at radius 2 is 0.739 bits per heavy atom. The molecule has 46 heavy (non-hydrogen) atoms. The first-order chi connectivity index (χ1) is 22.8. The molecule has 0 aliphatic rings. The first-order valence-corrected chi connectivity index (χ1v) is 15.9. The lowest BCUT2D eigenvalue weighted by molar-refractivity contribution is 1.59. The van der Waals surface area contributed by atoms with Crippen LogP contribution in [0, 0.1) is 0 Å². The summed E-state index contributed by atoms with van der Waals surface area (Å²) in [4.78, 5) is 0. The molecule has 9 aromatic rings. The topological polar surface area (TPSA) is 0 Å². The van der Waals surface area contributed by atoms with Gasteiger partial charge in [-0.1, -0.05) is 170 Å². The number of rotatable bonds is 4. The first kappa shape index (κ1) is 26.4. The summed E-state index contributed by atoms with van der Waals surface area (Å²) in [6.45, 7) is 0. The van der Waals surface area contributed by atoms with Crippen molar-refractivity contribution < 1.29 is 0 Å². The fourth-order valence-electron chi connectivity index (χ4n) is 7.33. The molecule has 0 spiro atoms. The summed E-state index contributed by atoms with van der Waals surface area (Å²) in [5, 5.41) is 10.0. The molecular weight excluding hydrogens is 553 g/mol. The van der Waals surface area contributed by atoms with E-state index in [0.717, 1.165) is 0 Å². The highest BCUT2D eigenvalue weighted by molar-refractivity contribution is 6.16. The van der Waals surface area contributed by atoms with Crippen LogP contribution in [0.15, 0.2) is 182 Å². The van der Waals surface area contributed by atoms with Gasteiger partial charge >= 0.3 is 0 Å². The molecule has 0 nitrogen and oxygen atoms in total. The molecule has 0 heterocycles. The van der Waals surface area contributed by atoms with Gasteiger partial charge in [-0.25, -0.2) is 0 Å². The van der Waals surface area contributed by atoms with Gasteiger partial charge in [0.15, 0.2) is 0 Å². The summed E-state index contributed by atoms with van der Waals surface area (Å²) in [6.07, 6.45) is 0. The third-order valence-corrected chi connectivity index (χ3v) is 9.45. The highest BCUT2D eigenvalue weighted by Gasteiger charge is 2.21. The van der Waals surface area contributed by atoms with Gasteiger partial charge in [0.05, 0.1) is 0 Å². The first-order valence-electron chi connectivity index (χ1n) is 15.9. The molecule has 0 amide bonds. The van der Waals surface area contributed by atoms with E-state index in [0.29, 0.717) is 0 Å². The zero-order chi connectivity index (χ0) is 30.5. The predicted molar refractivity (Wildman–Crippen MR) is 198 cm³/mol. The van der Waals surface area contributed by atoms with Crippen molar-refractivity contribution in [2.75, 3.05) is 0 Å². The van der Waals surface area contributed by atoms with E-state index in [1.807, 2.05) is 0 Å². The van der Waals surface area contributed by atoms with Crippen molar-refractivity contribution in [1.29, 1.82) is 0 Å². The normalized spacial score (nSPS) is 11.5. The van der Waals surface area contributed by atoms with Crippen molar-refractivity contribution in [3.63, 3.8) is 0 Å². The van der Waals surface area contributed by atoms with Crippen molar-refractivity contribution in [2.24, 2.45) is 0 Å². The highest BCUT2D eigenvalue weighted by Crippen LogP contribution is 2.48. The Balaban J connectivity index is 1.46. The van der Waals surface area contributed by atoms with Crippen molar-refractivity contribution in [3.05, 3.63) is 182 Å². The summed E-state index contributed by atoms with van der Waals surface area (Å²) in [6, 6.07) is 66.7. The quantitative estimate of drug-likeness (QED) is 0.181. The summed E-state index contributed by atoms with van der Waals surface area (Å²) < 4.78 is 0. The summed E-state index contributed by atoms with van der Waals surface area (Å²) in [7, 11) is 0.